The molecule has 1 N–H and O–H groups in total. The number of hydrogen-bond donors (Lipinski definition) is 1. The maximum absolute atomic E-state index is 9.76. The minimum absolute atomic E-state index is 0.0108. The molecule has 2 nitrogen and oxygen atoms in total. The second kappa shape index (κ2) is 4.69. The largest absolute Gasteiger partial charge is 0.488 e. The van der Waals surface area contributed by atoms with Crippen LogP contribution in [0.5, 0.6) is 5.75 Å². The molecule has 2 heteroatoms. The highest BCUT2D eigenvalue weighted by molar-refractivity contribution is 5.37. The molecule has 0 aliphatic heterocycles. The number of hydrogen-bond acceptors (Lipinski definition) is 2. The van der Waals surface area contributed by atoms with Crippen LogP contribution in [-0.2, 0) is 12.8 Å². The van der Waals surface area contributed by atoms with Crippen LogP contribution in [0.15, 0.2) is 18.2 Å². The van der Waals surface area contributed by atoms with E-state index in [9.17, 15) is 5.11 Å². The van der Waals surface area contributed by atoms with E-state index in [1.807, 2.05) is 0 Å². The first kappa shape index (κ1) is 11.1. The quantitative estimate of drug-likeness (QED) is 0.849. The van der Waals surface area contributed by atoms with E-state index in [2.05, 4.69) is 18.2 Å². The van der Waals surface area contributed by atoms with Crippen LogP contribution in [0.1, 0.15) is 43.2 Å². The molecule has 0 saturated heterocycles. The topological polar surface area (TPSA) is 29.5 Å². The van der Waals surface area contributed by atoms with Crippen molar-refractivity contribution in [2.45, 2.75) is 57.2 Å². The minimum Gasteiger partial charge on any atom is -0.488 e. The molecule has 2 unspecified atom stereocenters. The van der Waals surface area contributed by atoms with Crippen LogP contribution in [0.2, 0.25) is 0 Å². The summed E-state index contributed by atoms with van der Waals surface area (Å²) < 4.78 is 5.90. The molecule has 1 saturated carbocycles. The summed E-state index contributed by atoms with van der Waals surface area (Å²) in [7, 11) is 0. The maximum Gasteiger partial charge on any atom is 0.124 e. The second-order valence-corrected chi connectivity index (χ2v) is 5.29. The molecule has 1 aromatic carbocycles. The number of benzene rings is 1. The monoisotopic (exact) mass is 232 g/mol. The molecule has 0 amide bonds. The molecular formula is C15H20O2. The van der Waals surface area contributed by atoms with E-state index in [0.29, 0.717) is 0 Å². The third kappa shape index (κ3) is 2.32. The fourth-order valence-corrected chi connectivity index (χ4v) is 3.00. The van der Waals surface area contributed by atoms with Gasteiger partial charge in [0.15, 0.2) is 0 Å². The van der Waals surface area contributed by atoms with Gasteiger partial charge in [-0.2, -0.15) is 0 Å². The molecule has 3 rings (SSSR count). The summed E-state index contributed by atoms with van der Waals surface area (Å²) in [6.07, 6.45) is 7.69. The van der Waals surface area contributed by atoms with E-state index in [1.54, 1.807) is 0 Å². The van der Waals surface area contributed by atoms with Gasteiger partial charge in [0.2, 0.25) is 0 Å². The van der Waals surface area contributed by atoms with E-state index in [-0.39, 0.29) is 12.2 Å². The van der Waals surface area contributed by atoms with Crippen LogP contribution in [0.3, 0.4) is 0 Å². The molecular weight excluding hydrogens is 212 g/mol. The van der Waals surface area contributed by atoms with Crippen molar-refractivity contribution < 1.29 is 9.84 Å². The number of fused-ring (bicyclic) bond motifs is 1. The Balaban J connectivity index is 1.75. The lowest BCUT2D eigenvalue weighted by Gasteiger charge is -2.20. The SMILES string of the molecule is OC1CCCC1Oc1ccc2c(c1)CCCC2. The summed E-state index contributed by atoms with van der Waals surface area (Å²) in [4.78, 5) is 0. The second-order valence-electron chi connectivity index (χ2n) is 5.29. The summed E-state index contributed by atoms with van der Waals surface area (Å²) >= 11 is 0. The lowest BCUT2D eigenvalue weighted by molar-refractivity contribution is 0.0603. The zero-order valence-electron chi connectivity index (χ0n) is 10.2. The zero-order chi connectivity index (χ0) is 11.7. The van der Waals surface area contributed by atoms with Crippen molar-refractivity contribution in [3.63, 3.8) is 0 Å². The van der Waals surface area contributed by atoms with Crippen molar-refractivity contribution in [2.24, 2.45) is 0 Å². The first-order chi connectivity index (χ1) is 8.33. The van der Waals surface area contributed by atoms with Gasteiger partial charge in [0.1, 0.15) is 11.9 Å². The van der Waals surface area contributed by atoms with E-state index in [1.165, 1.54) is 36.8 Å². The van der Waals surface area contributed by atoms with Gasteiger partial charge in [0.05, 0.1) is 6.10 Å². The summed E-state index contributed by atoms with van der Waals surface area (Å²) in [6, 6.07) is 6.44. The minimum atomic E-state index is -0.272. The molecule has 2 aliphatic carbocycles. The number of aliphatic hydroxyl groups is 1. The van der Waals surface area contributed by atoms with Crippen LogP contribution < -0.4 is 4.74 Å². The molecule has 0 heterocycles. The average Bonchev–Trinajstić information content (AvgIpc) is 2.75. The Kier molecular flexibility index (Phi) is 3.06. The number of rotatable bonds is 2. The van der Waals surface area contributed by atoms with Crippen molar-refractivity contribution in [1.82, 2.24) is 0 Å². The molecule has 0 radical (unpaired) electrons. The number of ether oxygens (including phenoxy) is 1. The molecule has 17 heavy (non-hydrogen) atoms. The maximum atomic E-state index is 9.76. The van der Waals surface area contributed by atoms with Gasteiger partial charge >= 0.3 is 0 Å². The van der Waals surface area contributed by atoms with Gasteiger partial charge in [-0.05, 0) is 68.2 Å². The standard InChI is InChI=1S/C15H20O2/c16-14-6-3-7-15(14)17-13-9-8-11-4-1-2-5-12(11)10-13/h8-10,14-16H,1-7H2. The van der Waals surface area contributed by atoms with Gasteiger partial charge in [-0.3, -0.25) is 0 Å². The predicted octanol–water partition coefficient (Wildman–Crippen LogP) is 2.86. The Bertz CT molecular complexity index is 400. The molecule has 92 valence electrons. The van der Waals surface area contributed by atoms with Gasteiger partial charge in [0, 0.05) is 0 Å². The third-order valence-corrected chi connectivity index (χ3v) is 4.03. The van der Waals surface area contributed by atoms with Gasteiger partial charge in [-0.1, -0.05) is 6.07 Å². The first-order valence-electron chi connectivity index (χ1n) is 6.79. The summed E-state index contributed by atoms with van der Waals surface area (Å²) in [6.45, 7) is 0. The Morgan fingerprint density at radius 1 is 1.00 bits per heavy atom. The highest BCUT2D eigenvalue weighted by Crippen LogP contribution is 2.29. The average molecular weight is 232 g/mol. The summed E-state index contributed by atoms with van der Waals surface area (Å²) in [5.74, 6) is 0.941. The molecule has 1 aromatic rings. The van der Waals surface area contributed by atoms with E-state index in [0.717, 1.165) is 25.0 Å². The normalized spacial score (nSPS) is 27.8. The molecule has 1 fully saturated rings. The van der Waals surface area contributed by atoms with Crippen LogP contribution >= 0.6 is 0 Å². The van der Waals surface area contributed by atoms with Gasteiger partial charge in [-0.25, -0.2) is 0 Å². The van der Waals surface area contributed by atoms with Crippen LogP contribution in [0.25, 0.3) is 0 Å². The zero-order valence-corrected chi connectivity index (χ0v) is 10.2. The van der Waals surface area contributed by atoms with E-state index in [4.69, 9.17) is 4.74 Å². The molecule has 0 aromatic heterocycles. The van der Waals surface area contributed by atoms with Crippen molar-refractivity contribution in [3.05, 3.63) is 29.3 Å². The summed E-state index contributed by atoms with van der Waals surface area (Å²) in [5, 5.41) is 9.76. The highest BCUT2D eigenvalue weighted by Gasteiger charge is 2.27. The molecule has 0 spiro atoms. The smallest absolute Gasteiger partial charge is 0.124 e. The molecule has 2 aliphatic rings. The number of aliphatic hydroxyl groups excluding tert-OH is 1. The van der Waals surface area contributed by atoms with Crippen LogP contribution in [-0.4, -0.2) is 17.3 Å². The Hall–Kier alpha value is -1.02. The van der Waals surface area contributed by atoms with Crippen molar-refractivity contribution in [2.75, 3.05) is 0 Å². The first-order valence-corrected chi connectivity index (χ1v) is 6.79. The Labute approximate surface area is 103 Å². The Morgan fingerprint density at radius 2 is 1.82 bits per heavy atom. The summed E-state index contributed by atoms with van der Waals surface area (Å²) in [5.41, 5.74) is 2.93. The van der Waals surface area contributed by atoms with Crippen molar-refractivity contribution >= 4 is 0 Å². The predicted molar refractivity (Wildman–Crippen MR) is 67.4 cm³/mol. The van der Waals surface area contributed by atoms with Crippen molar-refractivity contribution in [1.29, 1.82) is 0 Å². The van der Waals surface area contributed by atoms with Crippen molar-refractivity contribution in [3.8, 4) is 5.75 Å². The highest BCUT2D eigenvalue weighted by atomic mass is 16.5. The Morgan fingerprint density at radius 3 is 2.59 bits per heavy atom. The van der Waals surface area contributed by atoms with E-state index < -0.39 is 0 Å². The van der Waals surface area contributed by atoms with Crippen LogP contribution in [0, 0.1) is 0 Å². The third-order valence-electron chi connectivity index (χ3n) is 4.03. The van der Waals surface area contributed by atoms with E-state index >= 15 is 0 Å². The number of aryl methyl sites for hydroxylation is 2. The van der Waals surface area contributed by atoms with Gasteiger partial charge in [0.25, 0.3) is 0 Å². The fraction of sp³-hybridized carbons (Fsp3) is 0.600. The lowest BCUT2D eigenvalue weighted by atomic mass is 9.92. The van der Waals surface area contributed by atoms with Gasteiger partial charge in [-0.15, -0.1) is 0 Å². The van der Waals surface area contributed by atoms with Gasteiger partial charge < -0.3 is 9.84 Å². The fourth-order valence-electron chi connectivity index (χ4n) is 3.00. The van der Waals surface area contributed by atoms with Crippen LogP contribution in [0.4, 0.5) is 0 Å². The molecule has 0 bridgehead atoms. The molecule has 2 atom stereocenters. The lowest BCUT2D eigenvalue weighted by Crippen LogP contribution is -2.25.